The Kier molecular flexibility index (Phi) is 15.5. The van der Waals surface area contributed by atoms with E-state index in [4.69, 9.17) is 14.2 Å². The molecule has 0 saturated heterocycles. The van der Waals surface area contributed by atoms with Gasteiger partial charge < -0.3 is 19.3 Å². The van der Waals surface area contributed by atoms with Gasteiger partial charge in [0.2, 0.25) is 0 Å². The maximum absolute atomic E-state index is 12.7. The van der Waals surface area contributed by atoms with E-state index in [0.717, 1.165) is 12.8 Å². The largest absolute Gasteiger partial charge is 0.477 e. The standard InChI is InChI=1S/C31H49NO8/c1-8-10-11-12-29(35)40-31(30(36)37,32-23(7)9-2)20-24-15-16-25(38-27(33)17-13-21(3)4)26(19-24)39-28(34)18-14-22(5)6/h15-16,19,21-23,32H,8-14,17-18,20H2,1-7H3,(H,36,37)/t23?,31-/m0/s1. The Hall–Kier alpha value is -2.94. The fraction of sp³-hybridized carbons (Fsp3) is 0.677. The molecule has 9 heteroatoms. The summed E-state index contributed by atoms with van der Waals surface area (Å²) >= 11 is 0. The van der Waals surface area contributed by atoms with Crippen molar-refractivity contribution in [3.63, 3.8) is 0 Å². The second kappa shape index (κ2) is 17.7. The predicted octanol–water partition coefficient (Wildman–Crippen LogP) is 6.20. The van der Waals surface area contributed by atoms with Gasteiger partial charge in [-0.3, -0.25) is 19.7 Å². The molecule has 0 aliphatic heterocycles. The second-order valence-electron chi connectivity index (χ2n) is 11.3. The van der Waals surface area contributed by atoms with E-state index < -0.39 is 29.6 Å². The van der Waals surface area contributed by atoms with Crippen LogP contribution in [0, 0.1) is 11.8 Å². The number of hydrogen-bond donors (Lipinski definition) is 2. The lowest BCUT2D eigenvalue weighted by Gasteiger charge is -2.33. The molecule has 40 heavy (non-hydrogen) atoms. The first-order valence-corrected chi connectivity index (χ1v) is 14.6. The van der Waals surface area contributed by atoms with E-state index in [0.29, 0.717) is 43.1 Å². The first kappa shape index (κ1) is 35.1. The molecule has 1 aromatic rings. The monoisotopic (exact) mass is 563 g/mol. The van der Waals surface area contributed by atoms with E-state index in [-0.39, 0.29) is 43.2 Å². The lowest BCUT2D eigenvalue weighted by Crippen LogP contribution is -2.59. The number of carbonyl (C=O) groups excluding carboxylic acids is 3. The number of hydrogen-bond acceptors (Lipinski definition) is 8. The van der Waals surface area contributed by atoms with Crippen LogP contribution in [0.4, 0.5) is 0 Å². The van der Waals surface area contributed by atoms with E-state index in [1.807, 2.05) is 48.5 Å². The van der Waals surface area contributed by atoms with E-state index in [2.05, 4.69) is 5.32 Å². The quantitative estimate of drug-likeness (QED) is 0.0874. The zero-order chi connectivity index (χ0) is 30.3. The van der Waals surface area contributed by atoms with Crippen LogP contribution >= 0.6 is 0 Å². The van der Waals surface area contributed by atoms with Crippen molar-refractivity contribution >= 4 is 23.9 Å². The number of rotatable bonds is 19. The molecule has 226 valence electrons. The molecule has 1 rings (SSSR count). The fourth-order valence-electron chi connectivity index (χ4n) is 3.84. The van der Waals surface area contributed by atoms with Crippen LogP contribution < -0.4 is 14.8 Å². The van der Waals surface area contributed by atoms with Crippen molar-refractivity contribution < 1.29 is 38.5 Å². The van der Waals surface area contributed by atoms with Crippen LogP contribution in [0.25, 0.3) is 0 Å². The third kappa shape index (κ3) is 12.9. The van der Waals surface area contributed by atoms with Crippen molar-refractivity contribution in [3.8, 4) is 11.5 Å². The van der Waals surface area contributed by atoms with Crippen LogP contribution in [-0.4, -0.2) is 40.8 Å². The Morgan fingerprint density at radius 1 is 0.825 bits per heavy atom. The minimum atomic E-state index is -2.03. The molecule has 1 aromatic carbocycles. The topological polar surface area (TPSA) is 128 Å². The SMILES string of the molecule is CCCCCC(=O)O[C@](Cc1ccc(OC(=O)CCC(C)C)c(OC(=O)CCC(C)C)c1)(NC(C)CC)C(=O)O. The summed E-state index contributed by atoms with van der Waals surface area (Å²) in [5.74, 6) is -2.20. The summed E-state index contributed by atoms with van der Waals surface area (Å²) in [6.07, 6.45) is 4.46. The van der Waals surface area contributed by atoms with Crippen LogP contribution in [0.3, 0.4) is 0 Å². The highest BCUT2D eigenvalue weighted by Gasteiger charge is 2.44. The second-order valence-corrected chi connectivity index (χ2v) is 11.3. The van der Waals surface area contributed by atoms with E-state index in [9.17, 15) is 24.3 Å². The average Bonchev–Trinajstić information content (AvgIpc) is 2.87. The summed E-state index contributed by atoms with van der Waals surface area (Å²) in [5, 5.41) is 13.3. The van der Waals surface area contributed by atoms with Gasteiger partial charge in [0.1, 0.15) is 0 Å². The zero-order valence-corrected chi connectivity index (χ0v) is 25.3. The predicted molar refractivity (Wildman–Crippen MR) is 153 cm³/mol. The van der Waals surface area contributed by atoms with Crippen molar-refractivity contribution in [2.45, 2.75) is 124 Å². The van der Waals surface area contributed by atoms with Gasteiger partial charge in [0.05, 0.1) is 0 Å². The molecule has 0 bridgehead atoms. The van der Waals surface area contributed by atoms with Gasteiger partial charge in [0.25, 0.3) is 5.72 Å². The summed E-state index contributed by atoms with van der Waals surface area (Å²) in [6.45, 7) is 13.7. The van der Waals surface area contributed by atoms with Gasteiger partial charge in [-0.15, -0.1) is 0 Å². The first-order chi connectivity index (χ1) is 18.8. The summed E-state index contributed by atoms with van der Waals surface area (Å²) < 4.78 is 16.7. The Morgan fingerprint density at radius 3 is 1.90 bits per heavy atom. The molecule has 0 spiro atoms. The number of esters is 3. The molecule has 0 aromatic heterocycles. The number of carboxylic acids is 1. The number of ether oxygens (including phenoxy) is 3. The maximum atomic E-state index is 12.7. The number of benzene rings is 1. The van der Waals surface area contributed by atoms with Gasteiger partial charge >= 0.3 is 23.9 Å². The highest BCUT2D eigenvalue weighted by molar-refractivity contribution is 5.82. The number of unbranched alkanes of at least 4 members (excludes halogenated alkanes) is 2. The third-order valence-electron chi connectivity index (χ3n) is 6.47. The fourth-order valence-corrected chi connectivity index (χ4v) is 3.84. The maximum Gasteiger partial charge on any atom is 0.364 e. The number of carboxylic acid groups (broad SMARTS) is 1. The number of nitrogens with one attached hydrogen (secondary N) is 1. The molecule has 0 saturated carbocycles. The molecule has 0 radical (unpaired) electrons. The smallest absolute Gasteiger partial charge is 0.364 e. The van der Waals surface area contributed by atoms with Gasteiger partial charge in [-0.05, 0) is 62.1 Å². The Morgan fingerprint density at radius 2 is 1.40 bits per heavy atom. The Bertz CT molecular complexity index is 974. The van der Waals surface area contributed by atoms with Crippen molar-refractivity contribution in [2.24, 2.45) is 11.8 Å². The van der Waals surface area contributed by atoms with Crippen molar-refractivity contribution in [2.75, 3.05) is 0 Å². The van der Waals surface area contributed by atoms with Gasteiger partial charge in [-0.2, -0.15) is 0 Å². The molecule has 0 aliphatic carbocycles. The summed E-state index contributed by atoms with van der Waals surface area (Å²) in [5.41, 5.74) is -1.61. The minimum Gasteiger partial charge on any atom is -0.477 e. The van der Waals surface area contributed by atoms with Crippen LogP contribution in [0.5, 0.6) is 11.5 Å². The number of carbonyl (C=O) groups is 4. The van der Waals surface area contributed by atoms with Crippen LogP contribution in [0.2, 0.25) is 0 Å². The molecule has 2 atom stereocenters. The van der Waals surface area contributed by atoms with Crippen molar-refractivity contribution in [1.29, 1.82) is 0 Å². The molecule has 1 unspecified atom stereocenters. The summed E-state index contributed by atoms with van der Waals surface area (Å²) in [7, 11) is 0. The molecule has 2 N–H and O–H groups in total. The van der Waals surface area contributed by atoms with Gasteiger partial charge in [0, 0.05) is 31.7 Å². The molecule has 0 aliphatic rings. The molecular weight excluding hydrogens is 514 g/mol. The lowest BCUT2D eigenvalue weighted by molar-refractivity contribution is -0.184. The molecule has 9 nitrogen and oxygen atoms in total. The summed E-state index contributed by atoms with van der Waals surface area (Å²) in [6, 6.07) is 4.26. The number of aliphatic carboxylic acids is 1. The molecule has 0 fully saturated rings. The first-order valence-electron chi connectivity index (χ1n) is 14.6. The van der Waals surface area contributed by atoms with Gasteiger partial charge in [-0.25, -0.2) is 4.79 Å². The van der Waals surface area contributed by atoms with E-state index in [1.54, 1.807) is 6.07 Å². The molecular formula is C31H49NO8. The lowest BCUT2D eigenvalue weighted by atomic mass is 10.00. The Balaban J connectivity index is 3.37. The molecule has 0 amide bonds. The average molecular weight is 564 g/mol. The normalized spacial score (nSPS) is 13.5. The molecule has 0 heterocycles. The van der Waals surface area contributed by atoms with Crippen molar-refractivity contribution in [1.82, 2.24) is 5.32 Å². The van der Waals surface area contributed by atoms with E-state index in [1.165, 1.54) is 12.1 Å². The zero-order valence-electron chi connectivity index (χ0n) is 25.3. The van der Waals surface area contributed by atoms with Gasteiger partial charge in [-0.1, -0.05) is 60.5 Å². The van der Waals surface area contributed by atoms with Crippen LogP contribution in [0.1, 0.15) is 112 Å². The Labute approximate surface area is 239 Å². The van der Waals surface area contributed by atoms with Gasteiger partial charge in [0.15, 0.2) is 11.5 Å². The highest BCUT2D eigenvalue weighted by atomic mass is 16.6. The van der Waals surface area contributed by atoms with Crippen LogP contribution in [-0.2, 0) is 30.3 Å². The highest BCUT2D eigenvalue weighted by Crippen LogP contribution is 2.32. The van der Waals surface area contributed by atoms with Crippen molar-refractivity contribution in [3.05, 3.63) is 23.8 Å². The van der Waals surface area contributed by atoms with E-state index >= 15 is 0 Å². The summed E-state index contributed by atoms with van der Waals surface area (Å²) in [4.78, 5) is 50.3. The third-order valence-corrected chi connectivity index (χ3v) is 6.47. The van der Waals surface area contributed by atoms with Crippen LogP contribution in [0.15, 0.2) is 18.2 Å². The minimum absolute atomic E-state index is 0.0151.